The second kappa shape index (κ2) is 28.6. The number of nitrogen functional groups attached to an aromatic ring is 2. The lowest BCUT2D eigenvalue weighted by Gasteiger charge is -2.19. The fourth-order valence-electron chi connectivity index (χ4n) is 5.57. The number of aryl methyl sites for hydroxylation is 5. The zero-order chi connectivity index (χ0) is 44.3. The molecule has 0 aliphatic carbocycles. The Labute approximate surface area is 369 Å². The minimum Gasteiger partial charge on any atom is -0.443 e. The van der Waals surface area contributed by atoms with Gasteiger partial charge in [-0.15, -0.1) is 29.8 Å². The third-order valence-electron chi connectivity index (χ3n) is 8.44. The number of benzene rings is 2. The molecule has 0 fully saturated rings. The highest BCUT2D eigenvalue weighted by Gasteiger charge is 2.20. The molecule has 3 heterocycles. The van der Waals surface area contributed by atoms with E-state index >= 15 is 0 Å². The van der Waals surface area contributed by atoms with Gasteiger partial charge < -0.3 is 31.8 Å². The lowest BCUT2D eigenvalue weighted by atomic mass is 10.1. The molecule has 62 heavy (non-hydrogen) atoms. The maximum Gasteiger partial charge on any atom is 0.421 e. The van der Waals surface area contributed by atoms with Gasteiger partial charge in [0.05, 0.1) is 17.6 Å². The smallest absolute Gasteiger partial charge is 0.421 e. The van der Waals surface area contributed by atoms with E-state index in [1.165, 1.54) is 15.7 Å². The maximum absolute atomic E-state index is 12.0. The first-order valence-corrected chi connectivity index (χ1v) is 20.2. The van der Waals surface area contributed by atoms with Gasteiger partial charge in [-0.25, -0.2) is 24.0 Å². The Morgan fingerprint density at radius 3 is 2.05 bits per heavy atom. The Bertz CT molecular complexity index is 2150. The van der Waals surface area contributed by atoms with E-state index in [0.717, 1.165) is 68.4 Å². The number of azide groups is 1. The second-order valence-corrected chi connectivity index (χ2v) is 14.8. The summed E-state index contributed by atoms with van der Waals surface area (Å²) in [6, 6.07) is 20.3. The molecule has 0 spiro atoms. The van der Waals surface area contributed by atoms with E-state index in [1.54, 1.807) is 37.8 Å². The zero-order valence-electron chi connectivity index (χ0n) is 35.7. The number of terminal acetylenes is 1. The number of carbonyl (C=O) groups is 3. The summed E-state index contributed by atoms with van der Waals surface area (Å²) < 4.78 is 8.01. The highest BCUT2D eigenvalue weighted by atomic mass is 35.5. The van der Waals surface area contributed by atoms with Gasteiger partial charge in [0.1, 0.15) is 18.7 Å². The molecule has 7 N–H and O–H groups in total. The van der Waals surface area contributed by atoms with Crippen LogP contribution >= 0.6 is 12.4 Å². The minimum atomic E-state index is -0.558. The van der Waals surface area contributed by atoms with Crippen LogP contribution in [0.3, 0.4) is 0 Å². The molecule has 2 amide bonds. The van der Waals surface area contributed by atoms with E-state index in [-0.39, 0.29) is 43.3 Å². The van der Waals surface area contributed by atoms with Crippen LogP contribution in [-0.4, -0.2) is 77.7 Å². The number of imidazole rings is 2. The summed E-state index contributed by atoms with van der Waals surface area (Å²) >= 11 is 0. The van der Waals surface area contributed by atoms with Crippen LogP contribution in [0.4, 0.5) is 16.7 Å². The number of amides is 2. The highest BCUT2D eigenvalue weighted by molar-refractivity contribution is 5.85. The molecule has 0 atom stereocenters. The van der Waals surface area contributed by atoms with Crippen molar-refractivity contribution < 1.29 is 19.1 Å². The standard InChI is InChI=1S/C19H25N7O.C13H19N3O2.C11H14N4O.ClH/c20-19-22-12-16(23-19)9-4-10-17-13-26(25-24-17)14-18(27)21-11-5-8-15-6-2-1-3-7-15;1-5-6-7-8-10-9-16(11(14)15-10)12(17)18-13(2,3)4;12-15-14-9-11(16)13-8-4-7-10-5-2-1-3-6-10;/h1-3,6-7,12-13H,4-5,8-11,14H2,(H,21,27)(H3,20,22,23);1,9H,6-8H2,2-4H3,(H2,14,15);1-3,5-6H,4,7-9H2,(H,13,16);1H. The fraction of sp³-hybridized carbons (Fsp3) is 0.419. The molecule has 18 nitrogen and oxygen atoms in total. The minimum absolute atomic E-state index is 0. The summed E-state index contributed by atoms with van der Waals surface area (Å²) in [5.41, 5.74) is 23.9. The van der Waals surface area contributed by atoms with Crippen LogP contribution in [-0.2, 0) is 53.0 Å². The number of H-pyrrole nitrogens is 1. The number of anilines is 2. The van der Waals surface area contributed by atoms with Crippen LogP contribution < -0.4 is 22.1 Å². The Morgan fingerprint density at radius 1 is 0.871 bits per heavy atom. The Kier molecular flexibility index (Phi) is 23.7. The summed E-state index contributed by atoms with van der Waals surface area (Å²) in [7, 11) is 0. The summed E-state index contributed by atoms with van der Waals surface area (Å²) in [5.74, 6) is 2.85. The average molecular weight is 871 g/mol. The number of nitrogens with two attached hydrogens (primary N) is 2. The predicted molar refractivity (Wildman–Crippen MR) is 242 cm³/mol. The first kappa shape index (κ1) is 51.3. The van der Waals surface area contributed by atoms with E-state index in [1.807, 2.05) is 42.6 Å². The zero-order valence-corrected chi connectivity index (χ0v) is 36.5. The van der Waals surface area contributed by atoms with Crippen molar-refractivity contribution in [2.24, 2.45) is 5.11 Å². The highest BCUT2D eigenvalue weighted by Crippen LogP contribution is 2.14. The molecule has 0 aliphatic rings. The third kappa shape index (κ3) is 22.0. The van der Waals surface area contributed by atoms with Gasteiger partial charge in [0.25, 0.3) is 0 Å². The van der Waals surface area contributed by atoms with Crippen molar-refractivity contribution in [3.05, 3.63) is 118 Å². The summed E-state index contributed by atoms with van der Waals surface area (Å²) in [6.45, 7) is 6.72. The number of aromatic amines is 1. The Hall–Kier alpha value is -6.83. The molecule has 0 saturated heterocycles. The number of nitrogens with zero attached hydrogens (tertiary/aromatic N) is 9. The monoisotopic (exact) mass is 870 g/mol. The third-order valence-corrected chi connectivity index (χ3v) is 8.44. The predicted octanol–water partition coefficient (Wildman–Crippen LogP) is 6.18. The number of hydrogen-bond donors (Lipinski definition) is 5. The second-order valence-electron chi connectivity index (χ2n) is 14.8. The van der Waals surface area contributed by atoms with Gasteiger partial charge in [0.15, 0.2) is 5.95 Å². The molecule has 3 aromatic heterocycles. The number of ether oxygens (including phenoxy) is 1. The van der Waals surface area contributed by atoms with Crippen molar-refractivity contribution in [1.82, 2.24) is 45.1 Å². The molecule has 0 radical (unpaired) electrons. The van der Waals surface area contributed by atoms with Crippen molar-refractivity contribution in [3.63, 3.8) is 0 Å². The summed E-state index contributed by atoms with van der Waals surface area (Å²) in [4.78, 5) is 48.5. The van der Waals surface area contributed by atoms with Gasteiger partial charge in [0, 0.05) is 42.5 Å². The van der Waals surface area contributed by atoms with Gasteiger partial charge in [-0.2, -0.15) is 0 Å². The van der Waals surface area contributed by atoms with Gasteiger partial charge in [-0.1, -0.05) is 71.0 Å². The molecule has 332 valence electrons. The molecule has 0 unspecified atom stereocenters. The first-order valence-electron chi connectivity index (χ1n) is 20.2. The Morgan fingerprint density at radius 2 is 1.48 bits per heavy atom. The Balaban J connectivity index is 0.000000333. The van der Waals surface area contributed by atoms with Crippen LogP contribution in [0.1, 0.15) is 81.1 Å². The summed E-state index contributed by atoms with van der Waals surface area (Å²) in [5, 5.41) is 16.9. The molecular weight excluding hydrogens is 812 g/mol. The van der Waals surface area contributed by atoms with E-state index in [9.17, 15) is 14.4 Å². The van der Waals surface area contributed by atoms with Crippen molar-refractivity contribution in [2.45, 2.75) is 97.1 Å². The SMILES string of the molecule is C#CCCCc1cn(C(=O)OC(C)(C)C)c(N)n1.Cl.Nc1ncc(CCCc2cn(CC(=O)NCCCc3ccccc3)nn2)[nH]1.[N-]=[N+]=NCC(=O)NCCCc1ccccc1. The number of carbonyl (C=O) groups excluding carboxylic acids is 3. The molecule has 0 aliphatic heterocycles. The van der Waals surface area contributed by atoms with Gasteiger partial charge in [0.2, 0.25) is 17.8 Å². The van der Waals surface area contributed by atoms with Crippen LogP contribution in [0.2, 0.25) is 0 Å². The van der Waals surface area contributed by atoms with Crippen molar-refractivity contribution in [1.29, 1.82) is 0 Å². The molecule has 19 heteroatoms. The van der Waals surface area contributed by atoms with Gasteiger partial charge in [-0.3, -0.25) is 9.59 Å². The van der Waals surface area contributed by atoms with E-state index in [2.05, 4.69) is 76.1 Å². The lowest BCUT2D eigenvalue weighted by molar-refractivity contribution is -0.122. The van der Waals surface area contributed by atoms with E-state index < -0.39 is 11.7 Å². The van der Waals surface area contributed by atoms with Crippen molar-refractivity contribution in [3.8, 4) is 12.3 Å². The van der Waals surface area contributed by atoms with E-state index in [4.69, 9.17) is 28.2 Å². The van der Waals surface area contributed by atoms with Crippen LogP contribution in [0.5, 0.6) is 0 Å². The number of aromatic nitrogens is 7. The van der Waals surface area contributed by atoms with Crippen LogP contribution in [0.15, 0.2) is 84.4 Å². The maximum atomic E-state index is 12.0. The van der Waals surface area contributed by atoms with Crippen molar-refractivity contribution >= 4 is 42.2 Å². The lowest BCUT2D eigenvalue weighted by Crippen LogP contribution is -2.28. The fourth-order valence-corrected chi connectivity index (χ4v) is 5.57. The topological polar surface area (TPSA) is 263 Å². The normalized spacial score (nSPS) is 10.3. The molecule has 5 aromatic rings. The first-order chi connectivity index (χ1) is 29.3. The number of rotatable bonds is 19. The molecule has 0 saturated carbocycles. The summed E-state index contributed by atoms with van der Waals surface area (Å²) in [6.07, 6.45) is 18.2. The van der Waals surface area contributed by atoms with E-state index in [0.29, 0.717) is 31.9 Å². The molecular formula is C43H59ClN14O4. The molecule has 5 rings (SSSR count). The number of nitrogens with one attached hydrogen (secondary N) is 3. The van der Waals surface area contributed by atoms with Crippen molar-refractivity contribution in [2.75, 3.05) is 31.1 Å². The van der Waals surface area contributed by atoms with Gasteiger partial charge >= 0.3 is 6.09 Å². The van der Waals surface area contributed by atoms with Crippen LogP contribution in [0.25, 0.3) is 10.4 Å². The number of halogens is 1. The largest absolute Gasteiger partial charge is 0.443 e. The quantitative estimate of drug-likeness (QED) is 0.0207. The average Bonchev–Trinajstić information content (AvgIpc) is 3.97. The van der Waals surface area contributed by atoms with Crippen LogP contribution in [0, 0.1) is 12.3 Å². The molecule has 0 bridgehead atoms. The molecule has 2 aromatic carbocycles. The number of unbranched alkanes of at least 4 members (excludes halogenated alkanes) is 1. The number of hydrogen-bond acceptors (Lipinski definition) is 11. The van der Waals surface area contributed by atoms with Gasteiger partial charge in [-0.05, 0) is 95.2 Å².